The van der Waals surface area contributed by atoms with Crippen LogP contribution in [0, 0.1) is 6.92 Å². The summed E-state index contributed by atoms with van der Waals surface area (Å²) in [6, 6.07) is 5.42. The summed E-state index contributed by atoms with van der Waals surface area (Å²) in [6.45, 7) is 6.67. The molecule has 0 spiro atoms. The minimum atomic E-state index is -3.34. The largest absolute Gasteiger partial charge is 0.368 e. The number of rotatable bonds is 4. The zero-order valence-electron chi connectivity index (χ0n) is 15.9. The summed E-state index contributed by atoms with van der Waals surface area (Å²) in [5.74, 6) is -0.166. The van der Waals surface area contributed by atoms with E-state index in [0.29, 0.717) is 10.0 Å². The van der Waals surface area contributed by atoms with Gasteiger partial charge in [-0.25, -0.2) is 13.4 Å². The summed E-state index contributed by atoms with van der Waals surface area (Å²) in [4.78, 5) is 21.3. The summed E-state index contributed by atoms with van der Waals surface area (Å²) in [5, 5.41) is 3.26. The number of hydrogen-bond acceptors (Lipinski definition) is 7. The van der Waals surface area contributed by atoms with Crippen molar-refractivity contribution >= 4 is 37.9 Å². The first-order valence-electron chi connectivity index (χ1n) is 8.68. The molecule has 146 valence electrons. The van der Waals surface area contributed by atoms with Crippen molar-refractivity contribution in [3.05, 3.63) is 23.9 Å². The second-order valence-electron chi connectivity index (χ2n) is 6.86. The van der Waals surface area contributed by atoms with Crippen LogP contribution in [0.5, 0.6) is 0 Å². The lowest BCUT2D eigenvalue weighted by Crippen LogP contribution is -2.44. The molecule has 1 saturated heterocycles. The van der Waals surface area contributed by atoms with Crippen LogP contribution in [0.2, 0.25) is 0 Å². The Kier molecular flexibility index (Phi) is 5.55. The highest BCUT2D eigenvalue weighted by Crippen LogP contribution is 2.37. The number of thiazole rings is 1. The van der Waals surface area contributed by atoms with Crippen molar-refractivity contribution in [3.63, 3.8) is 0 Å². The molecule has 0 radical (unpaired) electrons. The number of anilines is 2. The maximum atomic E-state index is 12.3. The number of carbonyl (C=O) groups excluding carboxylic acids is 1. The second-order valence-corrected chi connectivity index (χ2v) is 9.84. The van der Waals surface area contributed by atoms with Gasteiger partial charge >= 0.3 is 0 Å². The standard InChI is InChI=1S/C18H24N4O3S2/c1-12-17(26-18(19-12)20-13(2)23)14-5-6-16(27(4,24)25)15(11-14)22-9-7-21(3)8-10-22/h5-6,11H,7-10H2,1-4H3,(H,19,20,23). The highest BCUT2D eigenvalue weighted by atomic mass is 32.2. The number of carbonyl (C=O) groups is 1. The van der Waals surface area contributed by atoms with Gasteiger partial charge in [0.2, 0.25) is 5.91 Å². The van der Waals surface area contributed by atoms with Crippen molar-refractivity contribution in [1.29, 1.82) is 0 Å². The van der Waals surface area contributed by atoms with Gasteiger partial charge in [0, 0.05) is 39.4 Å². The van der Waals surface area contributed by atoms with Crippen LogP contribution >= 0.6 is 11.3 Å². The van der Waals surface area contributed by atoms with Crippen molar-refractivity contribution in [3.8, 4) is 10.4 Å². The molecule has 0 aliphatic carbocycles. The van der Waals surface area contributed by atoms with Gasteiger partial charge in [-0.1, -0.05) is 17.4 Å². The molecule has 0 saturated carbocycles. The molecule has 0 atom stereocenters. The third-order valence-electron chi connectivity index (χ3n) is 4.54. The lowest BCUT2D eigenvalue weighted by atomic mass is 10.1. The third-order valence-corrected chi connectivity index (χ3v) is 6.81. The molecule has 1 aliphatic heterocycles. The molecule has 0 unspecified atom stereocenters. The Bertz CT molecular complexity index is 961. The first kappa shape index (κ1) is 19.8. The first-order valence-corrected chi connectivity index (χ1v) is 11.4. The van der Waals surface area contributed by atoms with Crippen LogP contribution in [-0.2, 0) is 14.6 Å². The van der Waals surface area contributed by atoms with Crippen molar-refractivity contribution in [2.45, 2.75) is 18.7 Å². The molecule has 3 rings (SSSR count). The molecule has 1 N–H and O–H groups in total. The molecule has 2 heterocycles. The summed E-state index contributed by atoms with van der Waals surface area (Å²) in [7, 11) is -1.28. The molecule has 1 amide bonds. The fraction of sp³-hybridized carbons (Fsp3) is 0.444. The summed E-state index contributed by atoms with van der Waals surface area (Å²) in [6.07, 6.45) is 1.24. The molecule has 9 heteroatoms. The lowest BCUT2D eigenvalue weighted by molar-refractivity contribution is -0.114. The van der Waals surface area contributed by atoms with E-state index in [9.17, 15) is 13.2 Å². The van der Waals surface area contributed by atoms with Crippen molar-refractivity contribution < 1.29 is 13.2 Å². The van der Waals surface area contributed by atoms with Gasteiger partial charge in [0.25, 0.3) is 0 Å². The first-order chi connectivity index (χ1) is 12.6. The molecule has 7 nitrogen and oxygen atoms in total. The predicted octanol–water partition coefficient (Wildman–Crippen LogP) is 2.23. The minimum absolute atomic E-state index is 0.166. The van der Waals surface area contributed by atoms with Crippen LogP contribution in [0.1, 0.15) is 12.6 Å². The summed E-state index contributed by atoms with van der Waals surface area (Å²) in [5.41, 5.74) is 2.44. The summed E-state index contributed by atoms with van der Waals surface area (Å²) < 4.78 is 24.6. The maximum Gasteiger partial charge on any atom is 0.223 e. The highest BCUT2D eigenvalue weighted by Gasteiger charge is 2.23. The molecular weight excluding hydrogens is 384 g/mol. The van der Waals surface area contributed by atoms with Crippen LogP contribution in [-0.4, -0.2) is 63.7 Å². The molecule has 1 aliphatic rings. The molecule has 1 aromatic carbocycles. The van der Waals surface area contributed by atoms with Crippen LogP contribution in [0.25, 0.3) is 10.4 Å². The summed E-state index contributed by atoms with van der Waals surface area (Å²) >= 11 is 1.39. The van der Waals surface area contributed by atoms with Gasteiger partial charge < -0.3 is 15.1 Å². The number of amides is 1. The number of aryl methyl sites for hydroxylation is 1. The fourth-order valence-corrected chi connectivity index (χ4v) is 5.03. The van der Waals surface area contributed by atoms with E-state index in [2.05, 4.69) is 27.1 Å². The molecule has 0 bridgehead atoms. The number of aromatic nitrogens is 1. The zero-order valence-corrected chi connectivity index (χ0v) is 17.6. The van der Waals surface area contributed by atoms with E-state index in [-0.39, 0.29) is 5.91 Å². The van der Waals surface area contributed by atoms with E-state index in [4.69, 9.17) is 0 Å². The van der Waals surface area contributed by atoms with Crippen LogP contribution in [0.4, 0.5) is 10.8 Å². The van der Waals surface area contributed by atoms with E-state index in [1.807, 2.05) is 19.1 Å². The number of nitrogens with one attached hydrogen (secondary N) is 1. The Morgan fingerprint density at radius 1 is 1.22 bits per heavy atom. The average molecular weight is 409 g/mol. The average Bonchev–Trinajstić information content (AvgIpc) is 2.93. The lowest BCUT2D eigenvalue weighted by Gasteiger charge is -2.35. The maximum absolute atomic E-state index is 12.3. The van der Waals surface area contributed by atoms with Gasteiger partial charge in [-0.2, -0.15) is 0 Å². The Labute approximate surface area is 163 Å². The Balaban J connectivity index is 2.04. The highest BCUT2D eigenvalue weighted by molar-refractivity contribution is 7.90. The van der Waals surface area contributed by atoms with Gasteiger partial charge in [0.05, 0.1) is 21.2 Å². The van der Waals surface area contributed by atoms with Gasteiger partial charge in [-0.05, 0) is 31.7 Å². The molecule has 1 aromatic heterocycles. The number of piperazine rings is 1. The number of sulfone groups is 1. The third kappa shape index (κ3) is 4.48. The van der Waals surface area contributed by atoms with Crippen LogP contribution in [0.15, 0.2) is 23.1 Å². The van der Waals surface area contributed by atoms with E-state index >= 15 is 0 Å². The minimum Gasteiger partial charge on any atom is -0.368 e. The van der Waals surface area contributed by atoms with Crippen LogP contribution in [0.3, 0.4) is 0 Å². The second kappa shape index (κ2) is 7.57. The molecular formula is C18H24N4O3S2. The normalized spacial score (nSPS) is 15.8. The number of nitrogens with zero attached hydrogens (tertiary/aromatic N) is 3. The van der Waals surface area contributed by atoms with Gasteiger partial charge in [0.15, 0.2) is 15.0 Å². The Hall–Kier alpha value is -1.97. The Morgan fingerprint density at radius 3 is 2.48 bits per heavy atom. The van der Waals surface area contributed by atoms with E-state index in [1.54, 1.807) is 6.07 Å². The molecule has 1 fully saturated rings. The van der Waals surface area contributed by atoms with E-state index in [1.165, 1.54) is 24.5 Å². The van der Waals surface area contributed by atoms with Crippen molar-refractivity contribution in [2.24, 2.45) is 0 Å². The Morgan fingerprint density at radius 2 is 1.89 bits per heavy atom. The zero-order chi connectivity index (χ0) is 19.8. The van der Waals surface area contributed by atoms with Crippen molar-refractivity contribution in [2.75, 3.05) is 49.7 Å². The van der Waals surface area contributed by atoms with Crippen LogP contribution < -0.4 is 10.2 Å². The monoisotopic (exact) mass is 408 g/mol. The van der Waals surface area contributed by atoms with Gasteiger partial charge in [-0.3, -0.25) is 4.79 Å². The fourth-order valence-electron chi connectivity index (χ4n) is 3.13. The predicted molar refractivity (Wildman–Crippen MR) is 109 cm³/mol. The van der Waals surface area contributed by atoms with Crippen molar-refractivity contribution in [1.82, 2.24) is 9.88 Å². The molecule has 27 heavy (non-hydrogen) atoms. The van der Waals surface area contributed by atoms with Gasteiger partial charge in [-0.15, -0.1) is 0 Å². The molecule has 2 aromatic rings. The topological polar surface area (TPSA) is 82.6 Å². The van der Waals surface area contributed by atoms with E-state index in [0.717, 1.165) is 48.0 Å². The number of likely N-dealkylation sites (N-methyl/N-ethyl adjacent to an activating group) is 1. The number of hydrogen-bond donors (Lipinski definition) is 1. The SMILES string of the molecule is CC(=O)Nc1nc(C)c(-c2ccc(S(C)(=O)=O)c(N3CCN(C)CC3)c2)s1. The quantitative estimate of drug-likeness (QED) is 0.835. The van der Waals surface area contributed by atoms with Gasteiger partial charge in [0.1, 0.15) is 0 Å². The number of benzene rings is 1. The smallest absolute Gasteiger partial charge is 0.223 e. The van der Waals surface area contributed by atoms with E-state index < -0.39 is 9.84 Å².